The Labute approximate surface area is 307 Å². The van der Waals surface area contributed by atoms with Gasteiger partial charge in [0, 0.05) is 13.0 Å². The third-order valence-corrected chi connectivity index (χ3v) is 9.73. The molecule has 2 aliphatic heterocycles. The Morgan fingerprint density at radius 3 is 1.50 bits per heavy atom. The van der Waals surface area contributed by atoms with Crippen LogP contribution in [0.1, 0.15) is 42.0 Å². The van der Waals surface area contributed by atoms with E-state index in [0.29, 0.717) is 45.9 Å². The topological polar surface area (TPSA) is 105 Å². The zero-order valence-corrected chi connectivity index (χ0v) is 29.9. The van der Waals surface area contributed by atoms with Crippen molar-refractivity contribution in [2.75, 3.05) is 19.8 Å². The van der Waals surface area contributed by atoms with Crippen molar-refractivity contribution in [3.05, 3.63) is 144 Å². The molecule has 0 radical (unpaired) electrons. The van der Waals surface area contributed by atoms with Gasteiger partial charge in [0.25, 0.3) is 0 Å². The molecule has 2 saturated heterocycles. The van der Waals surface area contributed by atoms with E-state index in [1.54, 1.807) is 0 Å². The molecule has 9 heteroatoms. The van der Waals surface area contributed by atoms with Gasteiger partial charge in [-0.2, -0.15) is 0 Å². The molecule has 52 heavy (non-hydrogen) atoms. The number of ether oxygens (including phenoxy) is 7. The lowest BCUT2D eigenvalue weighted by atomic mass is 9.82. The van der Waals surface area contributed by atoms with Gasteiger partial charge in [-0.25, -0.2) is 0 Å². The minimum atomic E-state index is -0.927. The van der Waals surface area contributed by atoms with Gasteiger partial charge in [-0.15, -0.1) is 0 Å². The van der Waals surface area contributed by atoms with Crippen molar-refractivity contribution in [2.24, 2.45) is 5.92 Å². The fraction of sp³-hybridized carbons (Fsp3) is 0.442. The number of aliphatic hydroxyl groups is 2. The number of hydrogen-bond acceptors (Lipinski definition) is 9. The Morgan fingerprint density at radius 2 is 1.02 bits per heavy atom. The van der Waals surface area contributed by atoms with E-state index in [0.717, 1.165) is 22.3 Å². The third-order valence-electron chi connectivity index (χ3n) is 9.73. The van der Waals surface area contributed by atoms with E-state index in [-0.39, 0.29) is 19.1 Å². The highest BCUT2D eigenvalue weighted by Gasteiger charge is 2.50. The van der Waals surface area contributed by atoms with Crippen LogP contribution in [-0.4, -0.2) is 79.1 Å². The molecule has 0 aromatic heterocycles. The summed E-state index contributed by atoms with van der Waals surface area (Å²) in [6, 6.07) is 40.2. The Kier molecular flexibility index (Phi) is 14.8. The Hall–Kier alpha value is -3.48. The van der Waals surface area contributed by atoms with Gasteiger partial charge in [0.1, 0.15) is 30.5 Å². The number of rotatable bonds is 18. The first kappa shape index (κ1) is 38.3. The monoisotopic (exact) mass is 712 g/mol. The van der Waals surface area contributed by atoms with Crippen LogP contribution in [0.25, 0.3) is 0 Å². The highest BCUT2D eigenvalue weighted by molar-refractivity contribution is 5.16. The van der Waals surface area contributed by atoms with Crippen LogP contribution in [0, 0.1) is 5.92 Å². The second kappa shape index (κ2) is 20.1. The average Bonchev–Trinajstić information content (AvgIpc) is 3.19. The fourth-order valence-corrected chi connectivity index (χ4v) is 7.07. The van der Waals surface area contributed by atoms with E-state index in [9.17, 15) is 10.2 Å². The maximum Gasteiger partial charge on any atom is 0.158 e. The average molecular weight is 713 g/mol. The van der Waals surface area contributed by atoms with Crippen molar-refractivity contribution in [1.29, 1.82) is 0 Å². The van der Waals surface area contributed by atoms with Crippen molar-refractivity contribution in [1.82, 2.24) is 0 Å². The minimum absolute atomic E-state index is 0.249. The molecule has 4 aromatic carbocycles. The zero-order valence-electron chi connectivity index (χ0n) is 29.9. The largest absolute Gasteiger partial charge is 0.394 e. The van der Waals surface area contributed by atoms with Crippen LogP contribution >= 0.6 is 0 Å². The molecule has 2 fully saturated rings. The zero-order chi connectivity index (χ0) is 36.0. The predicted octanol–water partition coefficient (Wildman–Crippen LogP) is 6.24. The first-order chi connectivity index (χ1) is 25.6. The molecule has 0 aliphatic carbocycles. The fourth-order valence-electron chi connectivity index (χ4n) is 7.07. The van der Waals surface area contributed by atoms with E-state index in [4.69, 9.17) is 33.2 Å². The summed E-state index contributed by atoms with van der Waals surface area (Å²) in [5.74, 6) is -0.308. The standard InChI is InChI=1S/C43H52O9/c1-2-47-39-24-35(40(45)37(25-44)52-39)23-36-41(48-27-32-17-9-4-10-18-32)43(50-29-34-21-13-6-14-22-34)42(49-28-33-19-11-5-12-20-33)38(51-36)30-46-26-31-15-7-3-8-16-31/h3-22,35-45H,2,23-30H2,1H3/t35-,36+,37-,38+,39-,40+,41-,42+,43+/m0/s1. The van der Waals surface area contributed by atoms with E-state index < -0.39 is 49.0 Å². The lowest BCUT2D eigenvalue weighted by Gasteiger charge is -2.48. The molecule has 2 aliphatic rings. The van der Waals surface area contributed by atoms with Gasteiger partial charge in [-0.1, -0.05) is 121 Å². The molecule has 6 rings (SSSR count). The van der Waals surface area contributed by atoms with Crippen LogP contribution in [-0.2, 0) is 59.6 Å². The molecular formula is C43H52O9. The highest BCUT2D eigenvalue weighted by atomic mass is 16.7. The highest BCUT2D eigenvalue weighted by Crippen LogP contribution is 2.37. The van der Waals surface area contributed by atoms with Crippen LogP contribution in [0.4, 0.5) is 0 Å². The molecule has 0 spiro atoms. The number of hydrogen-bond donors (Lipinski definition) is 2. The van der Waals surface area contributed by atoms with Gasteiger partial charge in [0.05, 0.1) is 51.8 Å². The Morgan fingerprint density at radius 1 is 0.558 bits per heavy atom. The van der Waals surface area contributed by atoms with E-state index in [2.05, 4.69) is 0 Å². The van der Waals surface area contributed by atoms with Gasteiger partial charge in [0.15, 0.2) is 6.29 Å². The smallest absolute Gasteiger partial charge is 0.158 e. The van der Waals surface area contributed by atoms with Crippen molar-refractivity contribution in [2.45, 2.75) is 95.2 Å². The summed E-state index contributed by atoms with van der Waals surface area (Å²) in [5.41, 5.74) is 4.12. The molecule has 0 unspecified atom stereocenters. The predicted molar refractivity (Wildman–Crippen MR) is 196 cm³/mol. The normalized spacial score (nSPS) is 27.7. The second-order valence-corrected chi connectivity index (χ2v) is 13.5. The summed E-state index contributed by atoms with van der Waals surface area (Å²) in [5, 5.41) is 21.6. The molecular weight excluding hydrogens is 660 g/mol. The summed E-state index contributed by atoms with van der Waals surface area (Å²) in [4.78, 5) is 0. The molecule has 2 N–H and O–H groups in total. The van der Waals surface area contributed by atoms with E-state index in [1.165, 1.54) is 0 Å². The molecule has 4 aromatic rings. The van der Waals surface area contributed by atoms with Gasteiger partial charge < -0.3 is 43.4 Å². The number of benzene rings is 4. The lowest BCUT2D eigenvalue weighted by Crippen LogP contribution is -2.62. The minimum Gasteiger partial charge on any atom is -0.394 e. The van der Waals surface area contributed by atoms with Crippen LogP contribution in [0.5, 0.6) is 0 Å². The van der Waals surface area contributed by atoms with Gasteiger partial charge in [-0.3, -0.25) is 0 Å². The van der Waals surface area contributed by atoms with Crippen LogP contribution < -0.4 is 0 Å². The first-order valence-electron chi connectivity index (χ1n) is 18.4. The summed E-state index contributed by atoms with van der Waals surface area (Å²) in [6.07, 6.45) is -4.16. The third kappa shape index (κ3) is 10.8. The van der Waals surface area contributed by atoms with Gasteiger partial charge in [0.2, 0.25) is 0 Å². The summed E-state index contributed by atoms with van der Waals surface area (Å²) in [6.45, 7) is 3.70. The van der Waals surface area contributed by atoms with E-state index in [1.807, 2.05) is 128 Å². The van der Waals surface area contributed by atoms with Crippen molar-refractivity contribution in [3.8, 4) is 0 Å². The Bertz CT molecular complexity index is 1540. The van der Waals surface area contributed by atoms with Gasteiger partial charge >= 0.3 is 0 Å². The van der Waals surface area contributed by atoms with Crippen LogP contribution in [0.15, 0.2) is 121 Å². The molecule has 0 bridgehead atoms. The molecule has 2 heterocycles. The summed E-state index contributed by atoms with van der Waals surface area (Å²) >= 11 is 0. The molecule has 9 nitrogen and oxygen atoms in total. The van der Waals surface area contributed by atoms with Crippen molar-refractivity contribution in [3.63, 3.8) is 0 Å². The van der Waals surface area contributed by atoms with Gasteiger partial charge in [-0.05, 0) is 41.5 Å². The molecule has 0 amide bonds. The SMILES string of the molecule is CCO[C@@H]1C[C@H](C[C@H]2O[C@H](COCc3ccccc3)[C@@H](OCc3ccccc3)[C@H](OCc3ccccc3)[C@H]2OCc2ccccc2)[C@@H](O)[C@H](CO)O1. The van der Waals surface area contributed by atoms with Crippen LogP contribution in [0.3, 0.4) is 0 Å². The van der Waals surface area contributed by atoms with Crippen LogP contribution in [0.2, 0.25) is 0 Å². The molecule has 278 valence electrons. The second-order valence-electron chi connectivity index (χ2n) is 13.5. The van der Waals surface area contributed by atoms with E-state index >= 15 is 0 Å². The lowest BCUT2D eigenvalue weighted by molar-refractivity contribution is -0.284. The Balaban J connectivity index is 1.33. The molecule has 0 saturated carbocycles. The van der Waals surface area contributed by atoms with Crippen molar-refractivity contribution < 1.29 is 43.4 Å². The quantitative estimate of drug-likeness (QED) is 0.124. The number of aliphatic hydroxyl groups excluding tert-OH is 2. The maximum atomic E-state index is 11.4. The summed E-state index contributed by atoms with van der Waals surface area (Å²) in [7, 11) is 0. The maximum absolute atomic E-state index is 11.4. The first-order valence-corrected chi connectivity index (χ1v) is 18.4. The molecule has 9 atom stereocenters. The summed E-state index contributed by atoms with van der Waals surface area (Å²) < 4.78 is 45.6. The van der Waals surface area contributed by atoms with Crippen molar-refractivity contribution >= 4 is 0 Å².